The minimum Gasteiger partial charge on any atom is -0.456 e. The number of fused-ring (bicyclic) bond motifs is 9. The van der Waals surface area contributed by atoms with Gasteiger partial charge in [-0.25, -0.2) is 0 Å². The van der Waals surface area contributed by atoms with E-state index in [-0.39, 0.29) is 0 Å². The molecular weight excluding hydrogens is 663 g/mol. The fourth-order valence-corrected chi connectivity index (χ4v) is 9.34. The van der Waals surface area contributed by atoms with Gasteiger partial charge in [-0.1, -0.05) is 133 Å². The normalized spacial score (nSPS) is 11.8. The Bertz CT molecular complexity index is 3170. The first-order chi connectivity index (χ1) is 26.3. The van der Waals surface area contributed by atoms with Crippen LogP contribution in [0.1, 0.15) is 0 Å². The van der Waals surface area contributed by atoms with E-state index in [0.717, 1.165) is 39.0 Å². The molecule has 0 aliphatic heterocycles. The summed E-state index contributed by atoms with van der Waals surface area (Å²) in [6.07, 6.45) is 0. The van der Waals surface area contributed by atoms with Crippen LogP contribution in [0.25, 0.3) is 85.9 Å². The number of hydrogen-bond acceptors (Lipinski definition) is 3. The highest BCUT2D eigenvalue weighted by molar-refractivity contribution is 7.25. The van der Waals surface area contributed by atoms with Crippen molar-refractivity contribution in [2.75, 3.05) is 4.90 Å². The molecule has 0 spiro atoms. The van der Waals surface area contributed by atoms with Gasteiger partial charge in [0.15, 0.2) is 0 Å². The van der Waals surface area contributed by atoms with E-state index in [1.807, 2.05) is 11.3 Å². The van der Waals surface area contributed by atoms with Crippen molar-refractivity contribution in [3.8, 4) is 22.3 Å². The van der Waals surface area contributed by atoms with Crippen molar-refractivity contribution in [1.82, 2.24) is 0 Å². The van der Waals surface area contributed by atoms with Gasteiger partial charge in [0.25, 0.3) is 0 Å². The van der Waals surface area contributed by atoms with Crippen LogP contribution in [0.5, 0.6) is 0 Å². The van der Waals surface area contributed by atoms with Crippen LogP contribution in [0.2, 0.25) is 0 Å². The van der Waals surface area contributed by atoms with Gasteiger partial charge in [-0.2, -0.15) is 0 Å². The van der Waals surface area contributed by atoms with Gasteiger partial charge in [0.05, 0.1) is 0 Å². The van der Waals surface area contributed by atoms with Crippen LogP contribution < -0.4 is 4.90 Å². The Kier molecular flexibility index (Phi) is 6.76. The predicted octanol–water partition coefficient (Wildman–Crippen LogP) is 15.1. The Labute approximate surface area is 310 Å². The molecule has 53 heavy (non-hydrogen) atoms. The quantitative estimate of drug-likeness (QED) is 0.178. The van der Waals surface area contributed by atoms with Gasteiger partial charge in [-0.3, -0.25) is 0 Å². The average molecular weight is 694 g/mol. The van der Waals surface area contributed by atoms with Crippen molar-refractivity contribution in [2.24, 2.45) is 0 Å². The maximum Gasteiger partial charge on any atom is 0.137 e. The molecule has 0 N–H and O–H groups in total. The zero-order chi connectivity index (χ0) is 34.9. The first-order valence-electron chi connectivity index (χ1n) is 18.0. The number of hydrogen-bond donors (Lipinski definition) is 0. The third-order valence-corrected chi connectivity index (χ3v) is 11.8. The lowest BCUT2D eigenvalue weighted by Gasteiger charge is -2.26. The van der Waals surface area contributed by atoms with Crippen molar-refractivity contribution in [2.45, 2.75) is 0 Å². The van der Waals surface area contributed by atoms with Crippen LogP contribution in [0, 0.1) is 0 Å². The Morgan fingerprint density at radius 1 is 0.358 bits per heavy atom. The fourth-order valence-electron chi connectivity index (χ4n) is 8.20. The second-order valence-electron chi connectivity index (χ2n) is 13.7. The van der Waals surface area contributed by atoms with Crippen molar-refractivity contribution >= 4 is 92.1 Å². The largest absolute Gasteiger partial charge is 0.456 e. The van der Waals surface area contributed by atoms with Crippen molar-refractivity contribution in [3.63, 3.8) is 0 Å². The molecule has 0 aliphatic carbocycles. The first kappa shape index (κ1) is 30.0. The molecule has 2 nitrogen and oxygen atoms in total. The average Bonchev–Trinajstić information content (AvgIpc) is 3.79. The fraction of sp³-hybridized carbons (Fsp3) is 0. The van der Waals surface area contributed by atoms with Gasteiger partial charge >= 0.3 is 0 Å². The number of anilines is 3. The van der Waals surface area contributed by atoms with Crippen molar-refractivity contribution in [1.29, 1.82) is 0 Å². The Morgan fingerprint density at radius 2 is 0.981 bits per heavy atom. The summed E-state index contributed by atoms with van der Waals surface area (Å²) < 4.78 is 9.15. The van der Waals surface area contributed by atoms with Gasteiger partial charge in [0.2, 0.25) is 0 Å². The maximum atomic E-state index is 6.57. The maximum absolute atomic E-state index is 6.57. The third-order valence-electron chi connectivity index (χ3n) is 10.6. The number of nitrogens with zero attached hydrogens (tertiary/aromatic N) is 1. The second-order valence-corrected chi connectivity index (χ2v) is 14.8. The predicted molar refractivity (Wildman–Crippen MR) is 227 cm³/mol. The van der Waals surface area contributed by atoms with E-state index in [4.69, 9.17) is 4.42 Å². The molecule has 248 valence electrons. The summed E-state index contributed by atoms with van der Waals surface area (Å²) >= 11 is 1.85. The van der Waals surface area contributed by atoms with Crippen LogP contribution in [0.4, 0.5) is 17.1 Å². The smallest absolute Gasteiger partial charge is 0.137 e. The van der Waals surface area contributed by atoms with E-state index in [9.17, 15) is 0 Å². The number of furan rings is 1. The lowest BCUT2D eigenvalue weighted by Crippen LogP contribution is -2.09. The van der Waals surface area contributed by atoms with Gasteiger partial charge < -0.3 is 9.32 Å². The molecule has 0 bridgehead atoms. The molecule has 2 heterocycles. The monoisotopic (exact) mass is 693 g/mol. The van der Waals surface area contributed by atoms with Crippen molar-refractivity contribution < 1.29 is 4.42 Å². The molecule has 0 atom stereocenters. The van der Waals surface area contributed by atoms with E-state index in [1.165, 1.54) is 64.0 Å². The molecule has 0 radical (unpaired) electrons. The molecule has 11 rings (SSSR count). The molecule has 0 aliphatic rings. The minimum absolute atomic E-state index is 0.877. The van der Waals surface area contributed by atoms with Gasteiger partial charge in [0.1, 0.15) is 11.2 Å². The minimum atomic E-state index is 0.877. The van der Waals surface area contributed by atoms with E-state index in [1.54, 1.807) is 0 Å². The van der Waals surface area contributed by atoms with Crippen molar-refractivity contribution in [3.05, 3.63) is 188 Å². The molecule has 0 saturated heterocycles. The van der Waals surface area contributed by atoms with Crippen LogP contribution in [-0.2, 0) is 0 Å². The highest BCUT2D eigenvalue weighted by atomic mass is 32.1. The van der Waals surface area contributed by atoms with E-state index < -0.39 is 0 Å². The summed E-state index contributed by atoms with van der Waals surface area (Å²) in [5.41, 5.74) is 9.89. The summed E-state index contributed by atoms with van der Waals surface area (Å²) in [5, 5.41) is 9.81. The highest BCUT2D eigenvalue weighted by Crippen LogP contribution is 2.44. The lowest BCUT2D eigenvalue weighted by molar-refractivity contribution is 0.669. The van der Waals surface area contributed by atoms with Crippen LogP contribution in [-0.4, -0.2) is 0 Å². The van der Waals surface area contributed by atoms with Crippen LogP contribution in [0.15, 0.2) is 192 Å². The third kappa shape index (κ3) is 4.86. The molecular formula is C50H31NOS. The van der Waals surface area contributed by atoms with Gasteiger partial charge in [-0.15, -0.1) is 11.3 Å². The summed E-state index contributed by atoms with van der Waals surface area (Å²) in [6, 6.07) is 68.0. The van der Waals surface area contributed by atoms with E-state index in [2.05, 4.69) is 193 Å². The molecule has 0 unspecified atom stereocenters. The molecule has 11 aromatic rings. The number of thiophene rings is 1. The van der Waals surface area contributed by atoms with E-state index in [0.29, 0.717) is 0 Å². The topological polar surface area (TPSA) is 16.4 Å². The Balaban J connectivity index is 1.08. The SMILES string of the molecule is c1ccc(-c2cccc3cccc(-c4ccc(N(c5ccc6c(c5)oc5ccc7ccccc7c56)c5ccc6c(c5)sc5ccccc56)cc4)c23)cc1. The Morgan fingerprint density at radius 3 is 1.79 bits per heavy atom. The van der Waals surface area contributed by atoms with Crippen LogP contribution in [0.3, 0.4) is 0 Å². The summed E-state index contributed by atoms with van der Waals surface area (Å²) in [4.78, 5) is 2.36. The van der Waals surface area contributed by atoms with Crippen LogP contribution >= 0.6 is 11.3 Å². The number of benzene rings is 9. The molecule has 9 aromatic carbocycles. The summed E-state index contributed by atoms with van der Waals surface area (Å²) in [6.45, 7) is 0. The summed E-state index contributed by atoms with van der Waals surface area (Å²) in [7, 11) is 0. The van der Waals surface area contributed by atoms with E-state index >= 15 is 0 Å². The molecule has 0 fully saturated rings. The standard InChI is InChI=1S/C50H31NOS/c1-2-10-32(11-3-1)39-17-8-13-35-14-9-18-40(49(35)39)34-20-23-36(24-21-34)51(38-25-27-43-42-16-6-7-19-47(42)53-48(43)31-38)37-26-28-44-46(30-37)52-45-29-22-33-12-4-5-15-41(33)50(44)45/h1-31H. The summed E-state index contributed by atoms with van der Waals surface area (Å²) in [5.74, 6) is 0. The second kappa shape index (κ2) is 11.9. The van der Waals surface area contributed by atoms with Gasteiger partial charge in [-0.05, 0) is 92.3 Å². The lowest BCUT2D eigenvalue weighted by atomic mass is 9.91. The molecule has 3 heteroatoms. The zero-order valence-corrected chi connectivity index (χ0v) is 29.5. The first-order valence-corrected chi connectivity index (χ1v) is 18.8. The number of rotatable bonds is 5. The zero-order valence-electron chi connectivity index (χ0n) is 28.7. The molecule has 0 amide bonds. The molecule has 0 saturated carbocycles. The van der Waals surface area contributed by atoms with Gasteiger partial charge in [0, 0.05) is 54.1 Å². The molecule has 2 aromatic heterocycles. The Hall–Kier alpha value is -6.68. The highest BCUT2D eigenvalue weighted by Gasteiger charge is 2.19.